The van der Waals surface area contributed by atoms with Gasteiger partial charge < -0.3 is 15.0 Å². The summed E-state index contributed by atoms with van der Waals surface area (Å²) in [5, 5.41) is 6.58. The third-order valence-corrected chi connectivity index (χ3v) is 6.09. The lowest BCUT2D eigenvalue weighted by Crippen LogP contribution is -2.42. The number of hydrogen-bond donors (Lipinski definition) is 1. The van der Waals surface area contributed by atoms with E-state index in [-0.39, 0.29) is 46.1 Å². The molecular formula is C24H29ClF4N6O2. The second-order valence-electron chi connectivity index (χ2n) is 9.71. The number of halogens is 5. The molecular weight excluding hydrogens is 516 g/mol. The van der Waals surface area contributed by atoms with E-state index in [4.69, 9.17) is 16.3 Å². The molecule has 3 rings (SSSR count). The molecule has 202 valence electrons. The van der Waals surface area contributed by atoms with Crippen LogP contribution in [0.5, 0.6) is 5.75 Å². The highest BCUT2D eigenvalue weighted by Gasteiger charge is 2.41. The van der Waals surface area contributed by atoms with Crippen LogP contribution in [0.25, 0.3) is 16.9 Å². The van der Waals surface area contributed by atoms with Crippen molar-refractivity contribution in [2.24, 2.45) is 5.41 Å². The van der Waals surface area contributed by atoms with Crippen LogP contribution in [0.1, 0.15) is 39.7 Å². The molecule has 0 radical (unpaired) electrons. The Hall–Kier alpha value is -3.15. The molecule has 3 aromatic rings. The van der Waals surface area contributed by atoms with Gasteiger partial charge in [-0.15, -0.1) is 0 Å². The van der Waals surface area contributed by atoms with E-state index >= 15 is 4.39 Å². The van der Waals surface area contributed by atoms with Crippen molar-refractivity contribution < 1.29 is 27.1 Å². The monoisotopic (exact) mass is 544 g/mol. The van der Waals surface area contributed by atoms with Crippen LogP contribution in [0.4, 0.5) is 23.4 Å². The third-order valence-electron chi connectivity index (χ3n) is 5.81. The number of carbonyl (C=O) groups excluding carboxylic acids is 1. The van der Waals surface area contributed by atoms with E-state index in [1.54, 1.807) is 33.8 Å². The van der Waals surface area contributed by atoms with Gasteiger partial charge in [-0.05, 0) is 31.9 Å². The Labute approximate surface area is 217 Å². The quantitative estimate of drug-likeness (QED) is 0.238. The van der Waals surface area contributed by atoms with E-state index < -0.39 is 23.5 Å². The molecule has 1 N–H and O–H groups in total. The molecule has 0 aliphatic carbocycles. The van der Waals surface area contributed by atoms with Gasteiger partial charge in [0.25, 0.3) is 5.78 Å². The Bertz CT molecular complexity index is 1270. The van der Waals surface area contributed by atoms with Crippen LogP contribution in [0.15, 0.2) is 18.5 Å². The first kappa shape index (κ1) is 28.4. The minimum absolute atomic E-state index is 0.0264. The SMILES string of the molecule is Cc1cc(OCCCNC(=O)C(C)(C)C)cc(F)c1-c1c(Cl)nc2ncnn2c1N(C)[C@@H](C)C(F)(F)F. The second kappa shape index (κ2) is 10.7. The first-order chi connectivity index (χ1) is 17.1. The van der Waals surface area contributed by atoms with Crippen molar-refractivity contribution in [2.45, 2.75) is 53.3 Å². The molecule has 13 heteroatoms. The topological polar surface area (TPSA) is 84.6 Å². The largest absolute Gasteiger partial charge is 0.493 e. The minimum atomic E-state index is -4.58. The molecule has 0 aliphatic rings. The molecule has 0 unspecified atom stereocenters. The molecule has 0 fully saturated rings. The summed E-state index contributed by atoms with van der Waals surface area (Å²) in [6.45, 7) is 8.59. The van der Waals surface area contributed by atoms with Gasteiger partial charge in [-0.2, -0.15) is 32.8 Å². The predicted octanol–water partition coefficient (Wildman–Crippen LogP) is 5.21. The van der Waals surface area contributed by atoms with Gasteiger partial charge in [-0.25, -0.2) is 4.39 Å². The van der Waals surface area contributed by atoms with Crippen molar-refractivity contribution >= 4 is 29.1 Å². The summed E-state index contributed by atoms with van der Waals surface area (Å²) < 4.78 is 63.0. The fraction of sp³-hybridized carbons (Fsp3) is 0.500. The normalized spacial score (nSPS) is 13.1. The molecule has 1 atom stereocenters. The number of alkyl halides is 3. The number of rotatable bonds is 8. The first-order valence-electron chi connectivity index (χ1n) is 11.5. The number of ether oxygens (including phenoxy) is 1. The highest BCUT2D eigenvalue weighted by Crippen LogP contribution is 2.42. The Morgan fingerprint density at radius 2 is 1.92 bits per heavy atom. The highest BCUT2D eigenvalue weighted by molar-refractivity contribution is 6.33. The molecule has 0 spiro atoms. The van der Waals surface area contributed by atoms with Gasteiger partial charge in [-0.3, -0.25) is 4.79 Å². The molecule has 1 aromatic carbocycles. The summed E-state index contributed by atoms with van der Waals surface area (Å²) in [5.74, 6) is -0.753. The molecule has 0 saturated heterocycles. The lowest BCUT2D eigenvalue weighted by atomic mass is 9.96. The standard InChI is InChI=1S/C24H29ClF4N6O2/c1-13-10-15(37-9-7-8-30-21(36)23(3,4)5)11-16(26)17(13)18-19(25)33-22-31-12-32-35(22)20(18)34(6)14(2)24(27,28)29/h10-12,14H,7-9H2,1-6H3,(H,30,36)/t14-/m0/s1. The minimum Gasteiger partial charge on any atom is -0.493 e. The van der Waals surface area contributed by atoms with Crippen molar-refractivity contribution in [2.75, 3.05) is 25.1 Å². The Balaban J connectivity index is 1.92. The first-order valence-corrected chi connectivity index (χ1v) is 11.9. The summed E-state index contributed by atoms with van der Waals surface area (Å²) in [7, 11) is 1.22. The Kier molecular flexibility index (Phi) is 8.21. The van der Waals surface area contributed by atoms with Gasteiger partial charge in [0, 0.05) is 30.6 Å². The molecule has 8 nitrogen and oxygen atoms in total. The molecule has 0 aliphatic heterocycles. The van der Waals surface area contributed by atoms with Crippen LogP contribution in [-0.4, -0.2) is 57.9 Å². The Morgan fingerprint density at radius 1 is 1.24 bits per heavy atom. The van der Waals surface area contributed by atoms with Crippen molar-refractivity contribution in [3.8, 4) is 16.9 Å². The van der Waals surface area contributed by atoms with Gasteiger partial charge >= 0.3 is 6.18 Å². The maximum atomic E-state index is 15.5. The lowest BCUT2D eigenvalue weighted by Gasteiger charge is -2.30. The maximum absolute atomic E-state index is 15.5. The fourth-order valence-electron chi connectivity index (χ4n) is 3.59. The number of nitrogens with one attached hydrogen (secondary N) is 1. The fourth-order valence-corrected chi connectivity index (χ4v) is 3.84. The van der Waals surface area contributed by atoms with Gasteiger partial charge in [-0.1, -0.05) is 32.4 Å². The van der Waals surface area contributed by atoms with Crippen molar-refractivity contribution in [1.82, 2.24) is 24.9 Å². The number of aromatic nitrogens is 4. The van der Waals surface area contributed by atoms with Crippen LogP contribution in [0, 0.1) is 18.2 Å². The van der Waals surface area contributed by atoms with Crippen LogP contribution in [-0.2, 0) is 4.79 Å². The van der Waals surface area contributed by atoms with E-state index in [0.29, 0.717) is 18.5 Å². The van der Waals surface area contributed by atoms with Gasteiger partial charge in [0.2, 0.25) is 5.91 Å². The number of hydrogen-bond acceptors (Lipinski definition) is 6. The maximum Gasteiger partial charge on any atom is 0.408 e. The zero-order valence-electron chi connectivity index (χ0n) is 21.4. The molecule has 2 heterocycles. The van der Waals surface area contributed by atoms with Crippen LogP contribution < -0.4 is 15.0 Å². The number of aryl methyl sites for hydroxylation is 1. The number of nitrogens with zero attached hydrogens (tertiary/aromatic N) is 5. The van der Waals surface area contributed by atoms with Gasteiger partial charge in [0.05, 0.1) is 12.2 Å². The number of benzene rings is 1. The number of carbonyl (C=O) groups is 1. The van der Waals surface area contributed by atoms with Gasteiger partial charge in [0.1, 0.15) is 34.9 Å². The second-order valence-corrected chi connectivity index (χ2v) is 10.1. The molecule has 1 amide bonds. The summed E-state index contributed by atoms with van der Waals surface area (Å²) in [4.78, 5) is 20.9. The summed E-state index contributed by atoms with van der Waals surface area (Å²) >= 11 is 6.39. The van der Waals surface area contributed by atoms with E-state index in [1.165, 1.54) is 7.05 Å². The smallest absolute Gasteiger partial charge is 0.408 e. The lowest BCUT2D eigenvalue weighted by molar-refractivity contribution is -0.144. The molecule has 37 heavy (non-hydrogen) atoms. The zero-order valence-corrected chi connectivity index (χ0v) is 22.1. The van der Waals surface area contributed by atoms with E-state index in [1.807, 2.05) is 0 Å². The van der Waals surface area contributed by atoms with Crippen LogP contribution in [0.2, 0.25) is 5.15 Å². The number of anilines is 1. The zero-order chi connectivity index (χ0) is 27.7. The van der Waals surface area contributed by atoms with E-state index in [9.17, 15) is 18.0 Å². The van der Waals surface area contributed by atoms with E-state index in [2.05, 4.69) is 20.4 Å². The van der Waals surface area contributed by atoms with Crippen molar-refractivity contribution in [3.63, 3.8) is 0 Å². The number of amides is 1. The highest BCUT2D eigenvalue weighted by atomic mass is 35.5. The van der Waals surface area contributed by atoms with Crippen LogP contribution >= 0.6 is 11.6 Å². The van der Waals surface area contributed by atoms with Gasteiger partial charge in [0.15, 0.2) is 0 Å². The van der Waals surface area contributed by atoms with E-state index in [0.717, 1.165) is 28.7 Å². The average Bonchev–Trinajstić information content (AvgIpc) is 3.24. The molecule has 2 aromatic heterocycles. The van der Waals surface area contributed by atoms with Crippen LogP contribution in [0.3, 0.4) is 0 Å². The molecule has 0 bridgehead atoms. The summed E-state index contributed by atoms with van der Waals surface area (Å²) in [6, 6.07) is 0.752. The van der Waals surface area contributed by atoms with Crippen molar-refractivity contribution in [3.05, 3.63) is 35.0 Å². The predicted molar refractivity (Wildman–Crippen MR) is 132 cm³/mol. The average molecular weight is 545 g/mol. The van der Waals surface area contributed by atoms with Crippen molar-refractivity contribution in [1.29, 1.82) is 0 Å². The summed E-state index contributed by atoms with van der Waals surface area (Å²) in [5.41, 5.74) is -0.221. The number of fused-ring (bicyclic) bond motifs is 1. The third kappa shape index (κ3) is 6.23. The Morgan fingerprint density at radius 3 is 2.51 bits per heavy atom. The summed E-state index contributed by atoms with van der Waals surface area (Å²) in [6.07, 6.45) is -2.96. The molecule has 0 saturated carbocycles.